The second-order valence-electron chi connectivity index (χ2n) is 4.86. The molecular weight excluding hydrogens is 285 g/mol. The first-order chi connectivity index (χ1) is 9.54. The number of piperidine rings is 1. The van der Waals surface area contributed by atoms with Gasteiger partial charge in [-0.1, -0.05) is 23.7 Å². The van der Waals surface area contributed by atoms with Crippen LogP contribution < -0.4 is 0 Å². The summed E-state index contributed by atoms with van der Waals surface area (Å²) in [5.74, 6) is -0.988. The Morgan fingerprint density at radius 1 is 1.60 bits per heavy atom. The lowest BCUT2D eigenvalue weighted by Gasteiger charge is -2.37. The number of halogens is 2. The summed E-state index contributed by atoms with van der Waals surface area (Å²) in [5.41, 5.74) is 0.403. The number of aliphatic hydroxyl groups is 1. The van der Waals surface area contributed by atoms with E-state index in [1.165, 1.54) is 13.2 Å². The fourth-order valence-corrected chi connectivity index (χ4v) is 2.73. The van der Waals surface area contributed by atoms with Gasteiger partial charge < -0.3 is 9.84 Å². The number of likely N-dealkylation sites (tertiary alicyclic amines) is 1. The van der Waals surface area contributed by atoms with Crippen LogP contribution in [0.4, 0.5) is 4.39 Å². The zero-order valence-electron chi connectivity index (χ0n) is 11.2. The molecule has 0 bridgehead atoms. The van der Waals surface area contributed by atoms with Gasteiger partial charge in [0.05, 0.1) is 18.2 Å². The fraction of sp³-hybridized carbons (Fsp3) is 0.500. The number of benzene rings is 1. The van der Waals surface area contributed by atoms with Crippen LogP contribution in [0.5, 0.6) is 0 Å². The van der Waals surface area contributed by atoms with E-state index < -0.39 is 23.9 Å². The number of carbonyl (C=O) groups excluding carboxylic acids is 1. The third-order valence-electron chi connectivity index (χ3n) is 3.55. The highest BCUT2D eigenvalue weighted by atomic mass is 35.5. The van der Waals surface area contributed by atoms with E-state index in [2.05, 4.69) is 0 Å². The molecule has 0 aromatic heterocycles. The lowest BCUT2D eigenvalue weighted by atomic mass is 9.98. The van der Waals surface area contributed by atoms with Gasteiger partial charge in [-0.2, -0.15) is 0 Å². The quantitative estimate of drug-likeness (QED) is 0.867. The van der Waals surface area contributed by atoms with Crippen molar-refractivity contribution < 1.29 is 19.0 Å². The van der Waals surface area contributed by atoms with Crippen LogP contribution in [-0.2, 0) is 16.1 Å². The zero-order valence-corrected chi connectivity index (χ0v) is 11.9. The molecule has 0 saturated carbocycles. The average Bonchev–Trinajstić information content (AvgIpc) is 2.43. The molecule has 2 rings (SSSR count). The highest BCUT2D eigenvalue weighted by Gasteiger charge is 2.36. The molecule has 4 nitrogen and oxygen atoms in total. The molecule has 110 valence electrons. The lowest BCUT2D eigenvalue weighted by molar-refractivity contribution is -0.154. The first-order valence-corrected chi connectivity index (χ1v) is 6.85. The zero-order chi connectivity index (χ0) is 14.7. The van der Waals surface area contributed by atoms with Crippen molar-refractivity contribution in [3.63, 3.8) is 0 Å². The summed E-state index contributed by atoms with van der Waals surface area (Å²) in [6.45, 7) is 0.812. The van der Waals surface area contributed by atoms with E-state index in [1.807, 2.05) is 0 Å². The van der Waals surface area contributed by atoms with Crippen LogP contribution in [0.15, 0.2) is 18.2 Å². The van der Waals surface area contributed by atoms with Crippen molar-refractivity contribution in [2.24, 2.45) is 0 Å². The molecule has 1 N–H and O–H groups in total. The number of hydrogen-bond donors (Lipinski definition) is 1. The Balaban J connectivity index is 2.21. The largest absolute Gasteiger partial charge is 0.468 e. The van der Waals surface area contributed by atoms with Gasteiger partial charge in [0.15, 0.2) is 0 Å². The van der Waals surface area contributed by atoms with E-state index in [0.29, 0.717) is 18.5 Å². The van der Waals surface area contributed by atoms with Gasteiger partial charge in [-0.15, -0.1) is 0 Å². The molecule has 1 aromatic carbocycles. The minimum Gasteiger partial charge on any atom is -0.468 e. The van der Waals surface area contributed by atoms with Gasteiger partial charge in [0, 0.05) is 12.1 Å². The molecule has 0 spiro atoms. The monoisotopic (exact) mass is 301 g/mol. The predicted molar refractivity (Wildman–Crippen MR) is 72.9 cm³/mol. The highest BCUT2D eigenvalue weighted by Crippen LogP contribution is 2.24. The summed E-state index contributed by atoms with van der Waals surface area (Å²) < 4.78 is 18.6. The van der Waals surface area contributed by atoms with Gasteiger partial charge >= 0.3 is 5.97 Å². The van der Waals surface area contributed by atoms with E-state index in [9.17, 15) is 14.3 Å². The number of carbonyl (C=O) groups is 1. The van der Waals surface area contributed by atoms with Crippen molar-refractivity contribution >= 4 is 17.6 Å². The molecule has 6 heteroatoms. The summed E-state index contributed by atoms with van der Waals surface area (Å²) in [7, 11) is 1.28. The second kappa shape index (κ2) is 6.52. The van der Waals surface area contributed by atoms with Gasteiger partial charge in [-0.05, 0) is 25.5 Å². The molecule has 1 aromatic rings. The van der Waals surface area contributed by atoms with Gasteiger partial charge in [-0.3, -0.25) is 9.69 Å². The van der Waals surface area contributed by atoms with Gasteiger partial charge in [-0.25, -0.2) is 4.39 Å². The number of esters is 1. The van der Waals surface area contributed by atoms with Crippen molar-refractivity contribution in [1.82, 2.24) is 4.90 Å². The Kier molecular flexibility index (Phi) is 4.96. The minimum atomic E-state index is -0.793. The molecule has 1 aliphatic rings. The molecule has 0 amide bonds. The summed E-state index contributed by atoms with van der Waals surface area (Å²) in [6.07, 6.45) is 0.490. The Labute approximate surface area is 122 Å². The SMILES string of the molecule is COC(=O)[C@@H]1[C@@H](O)CCCN1Cc1cccc(Cl)c1F. The van der Waals surface area contributed by atoms with Gasteiger partial charge in [0.2, 0.25) is 0 Å². The maximum Gasteiger partial charge on any atom is 0.325 e. The number of methoxy groups -OCH3 is 1. The molecule has 2 atom stereocenters. The summed E-state index contributed by atoms with van der Waals surface area (Å²) >= 11 is 5.75. The standard InChI is InChI=1S/C14H17ClFNO3/c1-20-14(19)13-11(18)6-3-7-17(13)8-9-4-2-5-10(15)12(9)16/h2,4-5,11,13,18H,3,6-8H2,1H3/t11-,13-/m0/s1. The summed E-state index contributed by atoms with van der Waals surface area (Å²) in [4.78, 5) is 13.5. The second-order valence-corrected chi connectivity index (χ2v) is 5.27. The van der Waals surface area contributed by atoms with Crippen LogP contribution in [0.3, 0.4) is 0 Å². The van der Waals surface area contributed by atoms with Crippen molar-refractivity contribution in [3.05, 3.63) is 34.6 Å². The number of aliphatic hydroxyl groups excluding tert-OH is 1. The number of hydrogen-bond acceptors (Lipinski definition) is 4. The molecule has 20 heavy (non-hydrogen) atoms. The van der Waals surface area contributed by atoms with Crippen LogP contribution >= 0.6 is 11.6 Å². The Morgan fingerprint density at radius 2 is 2.35 bits per heavy atom. The number of nitrogens with zero attached hydrogens (tertiary/aromatic N) is 1. The number of ether oxygens (including phenoxy) is 1. The maximum atomic E-state index is 13.9. The smallest absolute Gasteiger partial charge is 0.325 e. The lowest BCUT2D eigenvalue weighted by Crippen LogP contribution is -2.52. The van der Waals surface area contributed by atoms with Gasteiger partial charge in [0.25, 0.3) is 0 Å². The van der Waals surface area contributed by atoms with Crippen molar-refractivity contribution in [3.8, 4) is 0 Å². The molecule has 1 aliphatic heterocycles. The van der Waals surface area contributed by atoms with E-state index in [0.717, 1.165) is 6.42 Å². The average molecular weight is 302 g/mol. The van der Waals surface area contributed by atoms with Crippen LogP contribution in [-0.4, -0.2) is 41.8 Å². The normalized spacial score (nSPS) is 23.6. The molecule has 1 fully saturated rings. The van der Waals surface area contributed by atoms with Crippen LogP contribution in [0.2, 0.25) is 5.02 Å². The van der Waals surface area contributed by atoms with Crippen molar-refractivity contribution in [2.45, 2.75) is 31.5 Å². The van der Waals surface area contributed by atoms with E-state index in [1.54, 1.807) is 17.0 Å². The number of rotatable bonds is 3. The first kappa shape index (κ1) is 15.2. The molecular formula is C14H17ClFNO3. The molecule has 1 saturated heterocycles. The van der Waals surface area contributed by atoms with Crippen molar-refractivity contribution in [1.29, 1.82) is 0 Å². The van der Waals surface area contributed by atoms with E-state index in [4.69, 9.17) is 16.3 Å². The molecule has 0 aliphatic carbocycles. The molecule has 0 radical (unpaired) electrons. The Bertz CT molecular complexity index is 497. The van der Waals surface area contributed by atoms with Crippen LogP contribution in [0.1, 0.15) is 18.4 Å². The van der Waals surface area contributed by atoms with E-state index >= 15 is 0 Å². The summed E-state index contributed by atoms with van der Waals surface area (Å²) in [6, 6.07) is 4.00. The highest BCUT2D eigenvalue weighted by molar-refractivity contribution is 6.30. The first-order valence-electron chi connectivity index (χ1n) is 6.47. The van der Waals surface area contributed by atoms with Crippen LogP contribution in [0.25, 0.3) is 0 Å². The topological polar surface area (TPSA) is 49.8 Å². The minimum absolute atomic E-state index is 0.0506. The van der Waals surface area contributed by atoms with Crippen molar-refractivity contribution in [2.75, 3.05) is 13.7 Å². The Hall–Kier alpha value is -1.17. The maximum absolute atomic E-state index is 13.9. The third kappa shape index (κ3) is 3.11. The summed E-state index contributed by atoms with van der Waals surface area (Å²) in [5, 5.41) is 10.0. The molecule has 0 unspecified atom stereocenters. The van der Waals surface area contributed by atoms with Crippen LogP contribution in [0, 0.1) is 5.82 Å². The molecule has 1 heterocycles. The fourth-order valence-electron chi connectivity index (χ4n) is 2.54. The van der Waals surface area contributed by atoms with E-state index in [-0.39, 0.29) is 11.6 Å². The third-order valence-corrected chi connectivity index (χ3v) is 3.84. The van der Waals surface area contributed by atoms with Gasteiger partial charge in [0.1, 0.15) is 11.9 Å². The predicted octanol–water partition coefficient (Wildman–Crippen LogP) is 1.98. The Morgan fingerprint density at radius 3 is 3.05 bits per heavy atom.